The van der Waals surface area contributed by atoms with E-state index in [0.29, 0.717) is 33.2 Å². The lowest BCUT2D eigenvalue weighted by Crippen LogP contribution is -2.43. The fourth-order valence-electron chi connectivity index (χ4n) is 4.26. The Bertz CT molecular complexity index is 1410. The number of carbonyl (C=O) groups is 1. The van der Waals surface area contributed by atoms with Crippen LogP contribution in [0, 0.1) is 6.92 Å². The molecule has 2 aromatic heterocycles. The number of nitrogens with zero attached hydrogens (tertiary/aromatic N) is 6. The van der Waals surface area contributed by atoms with Crippen molar-refractivity contribution in [2.24, 2.45) is 7.05 Å². The van der Waals surface area contributed by atoms with E-state index in [1.807, 2.05) is 12.1 Å². The second-order valence-electron chi connectivity index (χ2n) is 9.14. The van der Waals surface area contributed by atoms with Crippen molar-refractivity contribution in [3.8, 4) is 11.6 Å². The average molecular weight is 506 g/mol. The highest BCUT2D eigenvalue weighted by atomic mass is 35.5. The highest BCUT2D eigenvalue weighted by Crippen LogP contribution is 2.29. The summed E-state index contributed by atoms with van der Waals surface area (Å²) in [6.07, 6.45) is 3.17. The Balaban J connectivity index is 1.29. The number of anilines is 1. The first kappa shape index (κ1) is 24.2. The molecule has 0 atom stereocenters. The highest BCUT2D eigenvalue weighted by Gasteiger charge is 2.17. The largest absolute Gasteiger partial charge is 0.438 e. The minimum absolute atomic E-state index is 0.310. The van der Waals surface area contributed by atoms with Crippen LogP contribution in [0.5, 0.6) is 11.6 Å². The van der Waals surface area contributed by atoms with Crippen molar-refractivity contribution >= 4 is 34.2 Å². The summed E-state index contributed by atoms with van der Waals surface area (Å²) in [5.74, 6) is 0.478. The van der Waals surface area contributed by atoms with E-state index in [9.17, 15) is 4.79 Å². The van der Waals surface area contributed by atoms with Gasteiger partial charge in [-0.1, -0.05) is 17.7 Å². The molecule has 1 fully saturated rings. The van der Waals surface area contributed by atoms with E-state index < -0.39 is 0 Å². The Morgan fingerprint density at radius 1 is 1.08 bits per heavy atom. The molecule has 186 valence electrons. The van der Waals surface area contributed by atoms with Gasteiger partial charge < -0.3 is 15.0 Å². The molecular weight excluding hydrogens is 478 g/mol. The van der Waals surface area contributed by atoms with Crippen LogP contribution in [0.4, 0.5) is 5.69 Å². The molecule has 0 spiro atoms. The van der Waals surface area contributed by atoms with Gasteiger partial charge in [-0.3, -0.25) is 14.4 Å². The molecule has 3 heterocycles. The topological polar surface area (TPSA) is 88.4 Å². The van der Waals surface area contributed by atoms with Crippen LogP contribution >= 0.6 is 11.6 Å². The van der Waals surface area contributed by atoms with Gasteiger partial charge in [0.05, 0.1) is 10.6 Å². The van der Waals surface area contributed by atoms with E-state index in [4.69, 9.17) is 16.3 Å². The summed E-state index contributed by atoms with van der Waals surface area (Å²) in [5.41, 5.74) is 3.96. The number of amides is 1. The molecule has 1 N–H and O–H groups in total. The van der Waals surface area contributed by atoms with E-state index in [0.717, 1.165) is 44.0 Å². The third-order valence-electron chi connectivity index (χ3n) is 6.38. The van der Waals surface area contributed by atoms with E-state index >= 15 is 0 Å². The van der Waals surface area contributed by atoms with Crippen LogP contribution in [0.2, 0.25) is 5.02 Å². The summed E-state index contributed by atoms with van der Waals surface area (Å²) < 4.78 is 7.61. The molecular formula is C26H28ClN7O2. The lowest BCUT2D eigenvalue weighted by atomic mass is 10.1. The number of piperazine rings is 1. The first-order chi connectivity index (χ1) is 17.4. The molecule has 1 aliphatic heterocycles. The third kappa shape index (κ3) is 5.33. The maximum absolute atomic E-state index is 13.1. The average Bonchev–Trinajstić information content (AvgIpc) is 3.24. The number of halogens is 1. The standard InChI is InChI=1S/C26H28ClN7O2/c1-17-12-19(5-4-18(17)14-34-10-8-32(2)9-11-34)30-25(35)21-13-20(6-7-23(21)27)36-26-22-15-33(3)31-24(22)28-16-29-26/h4-7,12-13,15-16H,8-11,14H2,1-3H3,(H,30,35). The lowest BCUT2D eigenvalue weighted by molar-refractivity contribution is 0.102. The molecule has 10 heteroatoms. The molecule has 0 saturated carbocycles. The van der Waals surface area contributed by atoms with Crippen LogP contribution in [0.1, 0.15) is 21.5 Å². The Kier molecular flexibility index (Phi) is 6.86. The van der Waals surface area contributed by atoms with Crippen molar-refractivity contribution in [3.05, 3.63) is 70.6 Å². The van der Waals surface area contributed by atoms with E-state index in [2.05, 4.69) is 50.2 Å². The number of ether oxygens (including phenoxy) is 1. The van der Waals surface area contributed by atoms with Crippen LogP contribution in [0.25, 0.3) is 11.0 Å². The summed E-state index contributed by atoms with van der Waals surface area (Å²) in [7, 11) is 3.96. The van der Waals surface area contributed by atoms with Gasteiger partial charge in [0.1, 0.15) is 17.5 Å². The molecule has 1 aliphatic rings. The third-order valence-corrected chi connectivity index (χ3v) is 6.71. The minimum atomic E-state index is -0.314. The van der Waals surface area contributed by atoms with Gasteiger partial charge in [0, 0.05) is 51.7 Å². The van der Waals surface area contributed by atoms with E-state index in [-0.39, 0.29) is 5.91 Å². The zero-order chi connectivity index (χ0) is 25.2. The lowest BCUT2D eigenvalue weighted by Gasteiger charge is -2.32. The summed E-state index contributed by atoms with van der Waals surface area (Å²) in [5, 5.41) is 8.23. The maximum Gasteiger partial charge on any atom is 0.257 e. The Hall–Kier alpha value is -3.53. The zero-order valence-corrected chi connectivity index (χ0v) is 21.3. The van der Waals surface area contributed by atoms with Gasteiger partial charge in [0.25, 0.3) is 5.91 Å². The van der Waals surface area contributed by atoms with Crippen LogP contribution in [0.3, 0.4) is 0 Å². The van der Waals surface area contributed by atoms with Crippen molar-refractivity contribution in [1.29, 1.82) is 0 Å². The number of aromatic nitrogens is 4. The summed E-state index contributed by atoms with van der Waals surface area (Å²) in [4.78, 5) is 26.3. The minimum Gasteiger partial charge on any atom is -0.438 e. The van der Waals surface area contributed by atoms with Crippen LogP contribution in [-0.4, -0.2) is 68.7 Å². The quantitative estimate of drug-likeness (QED) is 0.421. The predicted octanol–water partition coefficient (Wildman–Crippen LogP) is 4.12. The number of carbonyl (C=O) groups excluding carboxylic acids is 1. The van der Waals surface area contributed by atoms with Gasteiger partial charge in [0.15, 0.2) is 5.65 Å². The Morgan fingerprint density at radius 3 is 2.67 bits per heavy atom. The second kappa shape index (κ2) is 10.2. The number of rotatable bonds is 6. The van der Waals surface area contributed by atoms with Gasteiger partial charge in [-0.15, -0.1) is 0 Å². The fourth-order valence-corrected chi connectivity index (χ4v) is 4.46. The number of fused-ring (bicyclic) bond motifs is 1. The SMILES string of the molecule is Cc1cc(NC(=O)c2cc(Oc3ncnc4nn(C)cc34)ccc2Cl)ccc1CN1CCN(C)CC1. The highest BCUT2D eigenvalue weighted by molar-refractivity contribution is 6.34. The Morgan fingerprint density at radius 2 is 1.89 bits per heavy atom. The molecule has 0 aliphatic carbocycles. The number of likely N-dealkylation sites (N-methyl/N-ethyl adjacent to an activating group) is 1. The van der Waals surface area contributed by atoms with Crippen LogP contribution in [0.15, 0.2) is 48.9 Å². The van der Waals surface area contributed by atoms with Crippen molar-refractivity contribution in [1.82, 2.24) is 29.5 Å². The molecule has 2 aromatic carbocycles. The first-order valence-electron chi connectivity index (χ1n) is 11.8. The van der Waals surface area contributed by atoms with Crippen LogP contribution < -0.4 is 10.1 Å². The summed E-state index contributed by atoms with van der Waals surface area (Å²) in [6.45, 7) is 7.27. The van der Waals surface area contributed by atoms with Gasteiger partial charge >= 0.3 is 0 Å². The van der Waals surface area contributed by atoms with Crippen LogP contribution in [-0.2, 0) is 13.6 Å². The van der Waals surface area contributed by atoms with Gasteiger partial charge in [-0.05, 0) is 55.4 Å². The monoisotopic (exact) mass is 505 g/mol. The predicted molar refractivity (Wildman–Crippen MR) is 140 cm³/mol. The molecule has 1 amide bonds. The van der Waals surface area contributed by atoms with Gasteiger partial charge in [-0.25, -0.2) is 9.97 Å². The molecule has 0 bridgehead atoms. The number of benzene rings is 2. The summed E-state index contributed by atoms with van der Waals surface area (Å²) in [6, 6.07) is 11.0. The maximum atomic E-state index is 13.1. The molecule has 5 rings (SSSR count). The van der Waals surface area contributed by atoms with E-state index in [1.54, 1.807) is 36.1 Å². The summed E-state index contributed by atoms with van der Waals surface area (Å²) >= 11 is 6.37. The van der Waals surface area contributed by atoms with Crippen molar-refractivity contribution in [2.75, 3.05) is 38.5 Å². The van der Waals surface area contributed by atoms with Crippen molar-refractivity contribution in [2.45, 2.75) is 13.5 Å². The number of nitrogens with one attached hydrogen (secondary N) is 1. The molecule has 0 unspecified atom stereocenters. The van der Waals surface area contributed by atoms with Gasteiger partial charge in [-0.2, -0.15) is 5.10 Å². The fraction of sp³-hybridized carbons (Fsp3) is 0.308. The molecule has 4 aromatic rings. The Labute approximate surface area is 214 Å². The molecule has 1 saturated heterocycles. The van der Waals surface area contributed by atoms with Gasteiger partial charge in [0.2, 0.25) is 5.88 Å². The zero-order valence-electron chi connectivity index (χ0n) is 20.5. The number of hydrogen-bond acceptors (Lipinski definition) is 7. The van der Waals surface area contributed by atoms with Crippen molar-refractivity contribution in [3.63, 3.8) is 0 Å². The first-order valence-corrected chi connectivity index (χ1v) is 12.2. The normalized spacial score (nSPS) is 14.8. The number of aryl methyl sites for hydroxylation is 2. The molecule has 36 heavy (non-hydrogen) atoms. The molecule has 9 nitrogen and oxygen atoms in total. The second-order valence-corrected chi connectivity index (χ2v) is 9.54. The van der Waals surface area contributed by atoms with E-state index in [1.165, 1.54) is 11.9 Å². The smallest absolute Gasteiger partial charge is 0.257 e. The molecule has 0 radical (unpaired) electrons. The number of hydrogen-bond donors (Lipinski definition) is 1. The van der Waals surface area contributed by atoms with Crippen molar-refractivity contribution < 1.29 is 9.53 Å².